The Morgan fingerprint density at radius 3 is 2.33 bits per heavy atom. The van der Waals surface area contributed by atoms with Crippen LogP contribution in [0.1, 0.15) is 69.5 Å². The van der Waals surface area contributed by atoms with Crippen LogP contribution in [0.15, 0.2) is 61.2 Å². The van der Waals surface area contributed by atoms with Crippen molar-refractivity contribution in [1.29, 1.82) is 0 Å². The molecule has 1 fully saturated rings. The van der Waals surface area contributed by atoms with E-state index in [1.165, 1.54) is 0 Å². The Balaban J connectivity index is 2.24. The number of rotatable bonds is 8. The molecule has 8 heteroatoms. The summed E-state index contributed by atoms with van der Waals surface area (Å²) in [5.74, 6) is -0.525. The summed E-state index contributed by atoms with van der Waals surface area (Å²) < 4.78 is 41.2. The Bertz CT molecular complexity index is 1090. The number of likely N-dealkylation sites (tertiary alicyclic amines) is 1. The van der Waals surface area contributed by atoms with Gasteiger partial charge in [-0.3, -0.25) is 4.79 Å². The van der Waals surface area contributed by atoms with E-state index in [-0.39, 0.29) is 18.2 Å². The standard InChI is InChI=1S/C28H32Cl2F3NO2/c1-5-14-26(3)17-23(19-8-7-9-21(30)15-19)24(18-10-12-20(29)13-11-18)34(25(26)35)22(6-2)16-27(4,36)28(31,32)33/h5,7-13,15,22-24,36H,1,6,14,16-17H2,2-4H3/t22?,23?,24?,26-,27-/m0/s1. The molecule has 0 aliphatic carbocycles. The van der Waals surface area contributed by atoms with Crippen LogP contribution in [0.25, 0.3) is 0 Å². The minimum Gasteiger partial charge on any atom is -0.381 e. The van der Waals surface area contributed by atoms with Gasteiger partial charge in [0.25, 0.3) is 0 Å². The van der Waals surface area contributed by atoms with Gasteiger partial charge >= 0.3 is 6.18 Å². The summed E-state index contributed by atoms with van der Waals surface area (Å²) in [6.07, 6.45) is -2.77. The number of alkyl halides is 3. The van der Waals surface area contributed by atoms with Crippen LogP contribution in [0, 0.1) is 5.41 Å². The smallest absolute Gasteiger partial charge is 0.381 e. The lowest BCUT2D eigenvalue weighted by molar-refractivity contribution is -0.259. The van der Waals surface area contributed by atoms with E-state index in [0.29, 0.717) is 22.9 Å². The van der Waals surface area contributed by atoms with Gasteiger partial charge in [-0.2, -0.15) is 13.2 Å². The Morgan fingerprint density at radius 1 is 1.17 bits per heavy atom. The molecule has 1 N–H and O–H groups in total. The highest BCUT2D eigenvalue weighted by Gasteiger charge is 2.55. The van der Waals surface area contributed by atoms with E-state index in [0.717, 1.165) is 18.1 Å². The molecule has 0 bridgehead atoms. The third-order valence-electron chi connectivity index (χ3n) is 7.29. The number of benzene rings is 2. The number of piperidine rings is 1. The Morgan fingerprint density at radius 2 is 1.81 bits per heavy atom. The van der Waals surface area contributed by atoms with Crippen LogP contribution in [0.3, 0.4) is 0 Å². The minimum atomic E-state index is -4.84. The number of carbonyl (C=O) groups is 1. The zero-order valence-electron chi connectivity index (χ0n) is 20.7. The van der Waals surface area contributed by atoms with Gasteiger partial charge in [0.15, 0.2) is 5.60 Å². The number of hydrogen-bond donors (Lipinski definition) is 1. The molecule has 0 aromatic heterocycles. The normalized spacial score (nSPS) is 25.4. The highest BCUT2D eigenvalue weighted by molar-refractivity contribution is 6.30. The second-order valence-electron chi connectivity index (χ2n) is 10.2. The van der Waals surface area contributed by atoms with E-state index in [4.69, 9.17) is 23.2 Å². The van der Waals surface area contributed by atoms with E-state index >= 15 is 0 Å². The van der Waals surface area contributed by atoms with Crippen LogP contribution >= 0.6 is 23.2 Å². The van der Waals surface area contributed by atoms with Crippen molar-refractivity contribution >= 4 is 29.1 Å². The molecule has 196 valence electrons. The van der Waals surface area contributed by atoms with Gasteiger partial charge in [-0.25, -0.2) is 0 Å². The third kappa shape index (κ3) is 5.76. The summed E-state index contributed by atoms with van der Waals surface area (Å²) in [5.41, 5.74) is -2.22. The molecule has 0 saturated carbocycles. The fourth-order valence-electron chi connectivity index (χ4n) is 5.30. The van der Waals surface area contributed by atoms with Gasteiger partial charge in [-0.1, -0.05) is 67.4 Å². The van der Waals surface area contributed by atoms with Gasteiger partial charge in [0.05, 0.1) is 11.5 Å². The first-order valence-corrected chi connectivity index (χ1v) is 12.7. The number of aliphatic hydroxyl groups is 1. The van der Waals surface area contributed by atoms with Gasteiger partial charge in [0, 0.05) is 28.4 Å². The summed E-state index contributed by atoms with van der Waals surface area (Å²) in [4.78, 5) is 15.7. The quantitative estimate of drug-likeness (QED) is 0.343. The number of hydrogen-bond acceptors (Lipinski definition) is 2. The van der Waals surface area contributed by atoms with Crippen LogP contribution in [0.5, 0.6) is 0 Å². The minimum absolute atomic E-state index is 0.231. The molecule has 5 atom stereocenters. The van der Waals surface area contributed by atoms with E-state index in [1.807, 2.05) is 25.1 Å². The molecule has 0 spiro atoms. The van der Waals surface area contributed by atoms with E-state index in [2.05, 4.69) is 6.58 Å². The molecule has 3 nitrogen and oxygen atoms in total. The number of halogens is 5. The van der Waals surface area contributed by atoms with Crippen LogP contribution in [0.2, 0.25) is 10.0 Å². The Kier molecular flexibility index (Phi) is 8.54. The van der Waals surface area contributed by atoms with Gasteiger partial charge in [0.2, 0.25) is 5.91 Å². The molecule has 1 amide bonds. The van der Waals surface area contributed by atoms with E-state index in [9.17, 15) is 23.1 Å². The number of nitrogens with zero attached hydrogens (tertiary/aromatic N) is 1. The lowest BCUT2D eigenvalue weighted by Crippen LogP contribution is -2.58. The van der Waals surface area contributed by atoms with Crippen LogP contribution < -0.4 is 0 Å². The van der Waals surface area contributed by atoms with Crippen molar-refractivity contribution in [1.82, 2.24) is 4.90 Å². The summed E-state index contributed by atoms with van der Waals surface area (Å²) in [7, 11) is 0. The lowest BCUT2D eigenvalue weighted by atomic mass is 9.66. The average Bonchev–Trinajstić information content (AvgIpc) is 2.79. The molecule has 2 aromatic rings. The molecule has 1 aliphatic heterocycles. The number of carbonyl (C=O) groups excluding carboxylic acids is 1. The first-order chi connectivity index (χ1) is 16.7. The van der Waals surface area contributed by atoms with E-state index < -0.39 is 35.7 Å². The highest BCUT2D eigenvalue weighted by Crippen LogP contribution is 2.53. The molecular formula is C28H32Cl2F3NO2. The first-order valence-electron chi connectivity index (χ1n) is 12.0. The van der Waals surface area contributed by atoms with Crippen molar-refractivity contribution in [2.24, 2.45) is 5.41 Å². The zero-order valence-corrected chi connectivity index (χ0v) is 22.2. The summed E-state index contributed by atoms with van der Waals surface area (Å²) in [5, 5.41) is 11.4. The van der Waals surface area contributed by atoms with Gasteiger partial charge in [-0.05, 0) is 61.6 Å². The van der Waals surface area contributed by atoms with Crippen molar-refractivity contribution in [3.05, 3.63) is 82.4 Å². The second-order valence-corrected chi connectivity index (χ2v) is 11.0. The Hall–Kier alpha value is -2.02. The maximum atomic E-state index is 14.1. The molecule has 36 heavy (non-hydrogen) atoms. The summed E-state index contributed by atoms with van der Waals surface area (Å²) in [6.45, 7) is 8.14. The predicted molar refractivity (Wildman–Crippen MR) is 138 cm³/mol. The fraction of sp³-hybridized carbons (Fsp3) is 0.464. The number of amides is 1. The van der Waals surface area contributed by atoms with Crippen molar-refractivity contribution in [3.63, 3.8) is 0 Å². The highest BCUT2D eigenvalue weighted by atomic mass is 35.5. The monoisotopic (exact) mass is 541 g/mol. The Labute approximate surface area is 220 Å². The molecule has 3 unspecified atom stereocenters. The van der Waals surface area contributed by atoms with Gasteiger partial charge in [-0.15, -0.1) is 6.58 Å². The molecule has 1 heterocycles. The van der Waals surface area contributed by atoms with Crippen molar-refractivity contribution in [2.75, 3.05) is 0 Å². The molecule has 2 aromatic carbocycles. The largest absolute Gasteiger partial charge is 0.416 e. The molecule has 0 radical (unpaired) electrons. The van der Waals surface area contributed by atoms with E-state index in [1.54, 1.807) is 48.2 Å². The maximum Gasteiger partial charge on any atom is 0.416 e. The zero-order chi connectivity index (χ0) is 26.9. The van der Waals surface area contributed by atoms with Crippen LogP contribution in [0.4, 0.5) is 13.2 Å². The second kappa shape index (κ2) is 10.8. The first kappa shape index (κ1) is 28.5. The molecule has 3 rings (SSSR count). The van der Waals surface area contributed by atoms with Crippen molar-refractivity contribution in [3.8, 4) is 0 Å². The van der Waals surface area contributed by atoms with Crippen LogP contribution in [-0.4, -0.2) is 33.7 Å². The lowest BCUT2D eigenvalue weighted by Gasteiger charge is -2.53. The summed E-state index contributed by atoms with van der Waals surface area (Å²) >= 11 is 12.5. The molecular weight excluding hydrogens is 510 g/mol. The van der Waals surface area contributed by atoms with Crippen molar-refractivity contribution in [2.45, 2.75) is 76.2 Å². The summed E-state index contributed by atoms with van der Waals surface area (Å²) in [6, 6.07) is 12.9. The molecule has 1 aliphatic rings. The van der Waals surface area contributed by atoms with Gasteiger partial charge in [0.1, 0.15) is 0 Å². The third-order valence-corrected chi connectivity index (χ3v) is 7.78. The number of allylic oxidation sites excluding steroid dienone is 1. The predicted octanol–water partition coefficient (Wildman–Crippen LogP) is 8.12. The van der Waals surface area contributed by atoms with Gasteiger partial charge < -0.3 is 10.0 Å². The average molecular weight is 542 g/mol. The van der Waals surface area contributed by atoms with Crippen molar-refractivity contribution < 1.29 is 23.1 Å². The maximum absolute atomic E-state index is 14.1. The fourth-order valence-corrected chi connectivity index (χ4v) is 5.63. The topological polar surface area (TPSA) is 40.5 Å². The SMILES string of the molecule is C=CC[C@@]1(C)CC(c2cccc(Cl)c2)C(c2ccc(Cl)cc2)N(C(CC)C[C@](C)(O)C(F)(F)F)C1=O. The van der Waals surface area contributed by atoms with Crippen LogP contribution in [-0.2, 0) is 4.79 Å². The molecule has 1 saturated heterocycles.